The van der Waals surface area contributed by atoms with Crippen molar-refractivity contribution in [3.63, 3.8) is 0 Å². The molecule has 0 bridgehead atoms. The lowest BCUT2D eigenvalue weighted by atomic mass is 10.1. The number of carbonyl (C=O) groups excluding carboxylic acids is 2. The van der Waals surface area contributed by atoms with E-state index in [2.05, 4.69) is 10.6 Å². The fourth-order valence-electron chi connectivity index (χ4n) is 2.52. The van der Waals surface area contributed by atoms with Gasteiger partial charge in [-0.25, -0.2) is 0 Å². The largest absolute Gasteiger partial charge is 0.348 e. The number of halogens is 1. The van der Waals surface area contributed by atoms with Gasteiger partial charge in [0.25, 0.3) is 5.91 Å². The van der Waals surface area contributed by atoms with Crippen LogP contribution in [0.1, 0.15) is 28.2 Å². The first kappa shape index (κ1) is 17.5. The molecule has 0 aliphatic carbocycles. The van der Waals surface area contributed by atoms with Crippen molar-refractivity contribution in [1.82, 2.24) is 10.6 Å². The van der Waals surface area contributed by atoms with Crippen LogP contribution in [0, 0.1) is 0 Å². The van der Waals surface area contributed by atoms with Gasteiger partial charge in [0.05, 0.1) is 17.6 Å². The van der Waals surface area contributed by atoms with Crippen molar-refractivity contribution in [3.05, 3.63) is 70.1 Å². The fourth-order valence-corrected chi connectivity index (χ4v) is 3.95. The van der Waals surface area contributed by atoms with Crippen LogP contribution in [-0.4, -0.2) is 18.4 Å². The second-order valence-electron chi connectivity index (χ2n) is 5.62. The van der Waals surface area contributed by atoms with Gasteiger partial charge in [0.1, 0.15) is 4.88 Å². The summed E-state index contributed by atoms with van der Waals surface area (Å²) in [7, 11) is 0. The van der Waals surface area contributed by atoms with Crippen LogP contribution in [0.5, 0.6) is 0 Å². The summed E-state index contributed by atoms with van der Waals surface area (Å²) in [6.07, 6.45) is 0. The minimum atomic E-state index is -0.339. The highest BCUT2D eigenvalue weighted by Gasteiger charge is 2.18. The Labute approximate surface area is 154 Å². The Morgan fingerprint density at radius 3 is 2.48 bits per heavy atom. The maximum Gasteiger partial charge on any atom is 0.263 e. The molecule has 0 spiro atoms. The molecule has 2 N–H and O–H groups in total. The van der Waals surface area contributed by atoms with E-state index < -0.39 is 0 Å². The average Bonchev–Trinajstić information content (AvgIpc) is 2.97. The third kappa shape index (κ3) is 4.00. The molecule has 1 aromatic heterocycles. The Kier molecular flexibility index (Phi) is 5.36. The lowest BCUT2D eigenvalue weighted by Crippen LogP contribution is -2.37. The predicted molar refractivity (Wildman–Crippen MR) is 102 cm³/mol. The second kappa shape index (κ2) is 7.68. The summed E-state index contributed by atoms with van der Waals surface area (Å²) in [5.74, 6) is -0.587. The Bertz CT molecular complexity index is 908. The van der Waals surface area contributed by atoms with Gasteiger partial charge in [-0.1, -0.05) is 60.1 Å². The van der Waals surface area contributed by atoms with Gasteiger partial charge < -0.3 is 10.6 Å². The van der Waals surface area contributed by atoms with Gasteiger partial charge in [-0.05, 0) is 18.6 Å². The lowest BCUT2D eigenvalue weighted by Gasteiger charge is -2.14. The van der Waals surface area contributed by atoms with Gasteiger partial charge in [0, 0.05) is 10.1 Å². The zero-order valence-electron chi connectivity index (χ0n) is 13.6. The van der Waals surface area contributed by atoms with Gasteiger partial charge in [-0.2, -0.15) is 0 Å². The molecule has 0 saturated carbocycles. The van der Waals surface area contributed by atoms with E-state index in [0.29, 0.717) is 9.90 Å². The molecule has 0 aliphatic rings. The molecule has 0 fully saturated rings. The van der Waals surface area contributed by atoms with Gasteiger partial charge in [-0.3, -0.25) is 9.59 Å². The van der Waals surface area contributed by atoms with Crippen LogP contribution in [0.2, 0.25) is 5.02 Å². The molecule has 3 aromatic rings. The maximum absolute atomic E-state index is 12.3. The third-order valence-electron chi connectivity index (χ3n) is 3.83. The molecule has 0 aliphatic heterocycles. The van der Waals surface area contributed by atoms with Gasteiger partial charge in [0.2, 0.25) is 5.91 Å². The smallest absolute Gasteiger partial charge is 0.263 e. The fraction of sp³-hybridized carbons (Fsp3) is 0.158. The van der Waals surface area contributed by atoms with Gasteiger partial charge >= 0.3 is 0 Å². The SMILES string of the molecule is C[C@H](NC(=O)CNC(=O)c1sc2ccccc2c1Cl)c1ccccc1. The quantitative estimate of drug-likeness (QED) is 0.706. The summed E-state index contributed by atoms with van der Waals surface area (Å²) in [6.45, 7) is 1.80. The van der Waals surface area contributed by atoms with Crippen LogP contribution in [0.3, 0.4) is 0 Å². The van der Waals surface area contributed by atoms with Crippen LogP contribution in [-0.2, 0) is 4.79 Å². The average molecular weight is 373 g/mol. The third-order valence-corrected chi connectivity index (χ3v) is 5.50. The minimum Gasteiger partial charge on any atom is -0.348 e. The predicted octanol–water partition coefficient (Wildman–Crippen LogP) is 4.16. The van der Waals surface area contributed by atoms with Crippen molar-refractivity contribution in [1.29, 1.82) is 0 Å². The van der Waals surface area contributed by atoms with Crippen molar-refractivity contribution in [2.75, 3.05) is 6.54 Å². The topological polar surface area (TPSA) is 58.2 Å². The van der Waals surface area contributed by atoms with Crippen molar-refractivity contribution < 1.29 is 9.59 Å². The van der Waals surface area contributed by atoms with Gasteiger partial charge in [-0.15, -0.1) is 11.3 Å². The van der Waals surface area contributed by atoms with E-state index in [1.807, 2.05) is 61.5 Å². The summed E-state index contributed by atoms with van der Waals surface area (Å²) in [5.41, 5.74) is 1.01. The highest BCUT2D eigenvalue weighted by atomic mass is 35.5. The number of nitrogens with one attached hydrogen (secondary N) is 2. The van der Waals surface area contributed by atoms with Crippen LogP contribution in [0.25, 0.3) is 10.1 Å². The number of amides is 2. The monoisotopic (exact) mass is 372 g/mol. The van der Waals surface area contributed by atoms with Crippen LogP contribution < -0.4 is 10.6 Å². The second-order valence-corrected chi connectivity index (χ2v) is 7.05. The lowest BCUT2D eigenvalue weighted by molar-refractivity contribution is -0.120. The van der Waals surface area contributed by atoms with E-state index in [-0.39, 0.29) is 24.4 Å². The summed E-state index contributed by atoms with van der Waals surface area (Å²) in [4.78, 5) is 24.8. The summed E-state index contributed by atoms with van der Waals surface area (Å²) >= 11 is 7.60. The number of carbonyl (C=O) groups is 2. The van der Waals surface area contributed by atoms with Crippen LogP contribution >= 0.6 is 22.9 Å². The summed E-state index contributed by atoms with van der Waals surface area (Å²) in [5, 5.41) is 6.77. The molecular formula is C19H17ClN2O2S. The van der Waals surface area contributed by atoms with Crippen molar-refractivity contribution in [2.24, 2.45) is 0 Å². The standard InChI is InChI=1S/C19H17ClN2O2S/c1-12(13-7-3-2-4-8-13)22-16(23)11-21-19(24)18-17(20)14-9-5-6-10-15(14)25-18/h2-10,12H,11H2,1H3,(H,21,24)(H,22,23)/t12-/m0/s1. The van der Waals surface area contributed by atoms with Crippen molar-refractivity contribution in [2.45, 2.75) is 13.0 Å². The molecule has 0 unspecified atom stereocenters. The highest BCUT2D eigenvalue weighted by molar-refractivity contribution is 7.21. The molecule has 1 atom stereocenters. The van der Waals surface area contributed by atoms with E-state index in [1.165, 1.54) is 11.3 Å². The Morgan fingerprint density at radius 1 is 1.08 bits per heavy atom. The van der Waals surface area contributed by atoms with E-state index in [0.717, 1.165) is 15.6 Å². The summed E-state index contributed by atoms with van der Waals surface area (Å²) in [6, 6.07) is 17.1. The number of rotatable bonds is 5. The minimum absolute atomic E-state index is 0.0966. The number of fused-ring (bicyclic) bond motifs is 1. The van der Waals surface area contributed by atoms with Crippen molar-refractivity contribution >= 4 is 44.8 Å². The molecule has 1 heterocycles. The normalized spacial score (nSPS) is 11.9. The van der Waals surface area contributed by atoms with E-state index in [9.17, 15) is 9.59 Å². The van der Waals surface area contributed by atoms with Crippen LogP contribution in [0.4, 0.5) is 0 Å². The zero-order chi connectivity index (χ0) is 17.8. The molecule has 128 valence electrons. The molecule has 2 amide bonds. The molecule has 0 saturated heterocycles. The first-order valence-electron chi connectivity index (χ1n) is 7.86. The first-order valence-corrected chi connectivity index (χ1v) is 9.05. The molecule has 6 heteroatoms. The van der Waals surface area contributed by atoms with E-state index in [4.69, 9.17) is 11.6 Å². The molecule has 3 rings (SSSR count). The summed E-state index contributed by atoms with van der Waals surface area (Å²) < 4.78 is 0.944. The molecule has 4 nitrogen and oxygen atoms in total. The Morgan fingerprint density at radius 2 is 1.76 bits per heavy atom. The van der Waals surface area contributed by atoms with Crippen LogP contribution in [0.15, 0.2) is 54.6 Å². The number of benzene rings is 2. The highest BCUT2D eigenvalue weighted by Crippen LogP contribution is 2.34. The van der Waals surface area contributed by atoms with E-state index in [1.54, 1.807) is 0 Å². The number of thiophene rings is 1. The Balaban J connectivity index is 1.60. The van der Waals surface area contributed by atoms with E-state index >= 15 is 0 Å². The molecule has 25 heavy (non-hydrogen) atoms. The first-order chi connectivity index (χ1) is 12.1. The molecule has 0 radical (unpaired) electrons. The molecular weight excluding hydrogens is 356 g/mol. The number of hydrogen-bond acceptors (Lipinski definition) is 3. The zero-order valence-corrected chi connectivity index (χ0v) is 15.2. The molecule has 2 aromatic carbocycles. The van der Waals surface area contributed by atoms with Gasteiger partial charge in [0.15, 0.2) is 0 Å². The maximum atomic E-state index is 12.3. The number of hydrogen-bond donors (Lipinski definition) is 2. The Hall–Kier alpha value is -2.37. The van der Waals surface area contributed by atoms with Crippen molar-refractivity contribution in [3.8, 4) is 0 Å².